The molecular formula is C16H16F3NO3S. The Labute approximate surface area is 138 Å². The zero-order valence-electron chi connectivity index (χ0n) is 12.8. The number of halogens is 3. The molecule has 130 valence electrons. The largest absolute Gasteiger partial charge is 0.573 e. The van der Waals surface area contributed by atoms with Gasteiger partial charge in [-0.05, 0) is 11.6 Å². The summed E-state index contributed by atoms with van der Waals surface area (Å²) < 4.78 is 67.0. The van der Waals surface area contributed by atoms with E-state index in [9.17, 15) is 21.6 Å². The van der Waals surface area contributed by atoms with Crippen LogP contribution in [0, 0.1) is 0 Å². The first-order valence-electron chi connectivity index (χ1n) is 6.99. The van der Waals surface area contributed by atoms with E-state index in [0.717, 1.165) is 10.4 Å². The molecule has 0 amide bonds. The Morgan fingerprint density at radius 3 is 2.21 bits per heavy atom. The van der Waals surface area contributed by atoms with Crippen LogP contribution in [0.3, 0.4) is 0 Å². The van der Waals surface area contributed by atoms with Gasteiger partial charge in [-0.2, -0.15) is 0 Å². The lowest BCUT2D eigenvalue weighted by Crippen LogP contribution is -2.28. The maximum atomic E-state index is 12.4. The summed E-state index contributed by atoms with van der Waals surface area (Å²) in [4.78, 5) is 0. The predicted octanol–water partition coefficient (Wildman–Crippen LogP) is 3.55. The smallest absolute Gasteiger partial charge is 0.405 e. The Kier molecular flexibility index (Phi) is 5.51. The van der Waals surface area contributed by atoms with Crippen LogP contribution in [0.1, 0.15) is 11.1 Å². The highest BCUT2D eigenvalue weighted by Gasteiger charge is 2.32. The van der Waals surface area contributed by atoms with E-state index in [4.69, 9.17) is 0 Å². The molecule has 2 aromatic carbocycles. The number of sulfonamides is 1. The van der Waals surface area contributed by atoms with Crippen LogP contribution in [0.15, 0.2) is 54.6 Å². The number of ether oxygens (including phenoxy) is 1. The van der Waals surface area contributed by atoms with Gasteiger partial charge in [0, 0.05) is 19.2 Å². The summed E-state index contributed by atoms with van der Waals surface area (Å²) in [6.45, 7) is -0.221. The van der Waals surface area contributed by atoms with E-state index >= 15 is 0 Å². The van der Waals surface area contributed by atoms with E-state index in [0.29, 0.717) is 5.56 Å². The quantitative estimate of drug-likeness (QED) is 0.792. The van der Waals surface area contributed by atoms with Gasteiger partial charge in [0.25, 0.3) is 0 Å². The maximum Gasteiger partial charge on any atom is 0.573 e. The van der Waals surface area contributed by atoms with Crippen LogP contribution >= 0.6 is 0 Å². The highest BCUT2D eigenvalue weighted by molar-refractivity contribution is 7.88. The Morgan fingerprint density at radius 2 is 1.58 bits per heavy atom. The minimum absolute atomic E-state index is 0.133. The summed E-state index contributed by atoms with van der Waals surface area (Å²) in [7, 11) is -2.35. The van der Waals surface area contributed by atoms with Crippen LogP contribution in [-0.4, -0.2) is 26.1 Å². The van der Waals surface area contributed by atoms with E-state index in [2.05, 4.69) is 4.74 Å². The van der Waals surface area contributed by atoms with E-state index in [1.54, 1.807) is 30.3 Å². The van der Waals surface area contributed by atoms with Crippen LogP contribution in [0.2, 0.25) is 0 Å². The van der Waals surface area contributed by atoms with Crippen molar-refractivity contribution in [1.82, 2.24) is 4.31 Å². The van der Waals surface area contributed by atoms with Crippen LogP contribution in [0.25, 0.3) is 0 Å². The Morgan fingerprint density at radius 1 is 1.00 bits per heavy atom. The van der Waals surface area contributed by atoms with Gasteiger partial charge in [0.2, 0.25) is 10.0 Å². The van der Waals surface area contributed by atoms with Crippen LogP contribution in [-0.2, 0) is 22.3 Å². The summed E-state index contributed by atoms with van der Waals surface area (Å²) in [5.41, 5.74) is 0.734. The van der Waals surface area contributed by atoms with Gasteiger partial charge in [-0.1, -0.05) is 48.5 Å². The van der Waals surface area contributed by atoms with Gasteiger partial charge in [0.15, 0.2) is 0 Å². The summed E-state index contributed by atoms with van der Waals surface area (Å²) in [5, 5.41) is 0. The molecule has 0 aromatic heterocycles. The Hall–Kier alpha value is -2.06. The number of alkyl halides is 3. The van der Waals surface area contributed by atoms with Gasteiger partial charge in [-0.15, -0.1) is 13.2 Å². The lowest BCUT2D eigenvalue weighted by molar-refractivity contribution is -0.274. The number of hydrogen-bond acceptors (Lipinski definition) is 3. The summed E-state index contributed by atoms with van der Waals surface area (Å²) in [6.07, 6.45) is -4.84. The van der Waals surface area contributed by atoms with Gasteiger partial charge >= 0.3 is 6.36 Å². The molecule has 0 fully saturated rings. The average molecular weight is 359 g/mol. The molecule has 0 heterocycles. The molecule has 0 atom stereocenters. The number of rotatable bonds is 6. The first kappa shape index (κ1) is 18.3. The average Bonchev–Trinajstić information content (AvgIpc) is 2.48. The van der Waals surface area contributed by atoms with E-state index < -0.39 is 22.1 Å². The minimum Gasteiger partial charge on any atom is -0.405 e. The number of benzene rings is 2. The molecule has 24 heavy (non-hydrogen) atoms. The van der Waals surface area contributed by atoms with E-state index in [1.165, 1.54) is 25.2 Å². The van der Waals surface area contributed by atoms with Gasteiger partial charge in [0.05, 0.1) is 5.75 Å². The lowest BCUT2D eigenvalue weighted by Gasteiger charge is -2.19. The molecule has 0 aliphatic rings. The van der Waals surface area contributed by atoms with Crippen molar-refractivity contribution in [2.45, 2.75) is 18.7 Å². The Bertz CT molecular complexity index is 777. The third kappa shape index (κ3) is 5.24. The molecule has 0 saturated heterocycles. The molecular weight excluding hydrogens is 343 g/mol. The third-order valence-corrected chi connectivity index (χ3v) is 5.04. The first-order valence-corrected chi connectivity index (χ1v) is 8.60. The van der Waals surface area contributed by atoms with Crippen molar-refractivity contribution in [3.8, 4) is 5.75 Å². The topological polar surface area (TPSA) is 46.6 Å². The molecule has 2 rings (SSSR count). The fourth-order valence-electron chi connectivity index (χ4n) is 2.09. The zero-order chi connectivity index (χ0) is 17.8. The van der Waals surface area contributed by atoms with Crippen LogP contribution in [0.5, 0.6) is 5.75 Å². The minimum atomic E-state index is -4.84. The van der Waals surface area contributed by atoms with Crippen molar-refractivity contribution < 1.29 is 26.3 Å². The molecule has 0 aliphatic carbocycles. The molecule has 0 aliphatic heterocycles. The second kappa shape index (κ2) is 7.23. The van der Waals surface area contributed by atoms with Crippen molar-refractivity contribution in [2.75, 3.05) is 7.05 Å². The highest BCUT2D eigenvalue weighted by Crippen LogP contribution is 2.27. The zero-order valence-corrected chi connectivity index (χ0v) is 13.6. The highest BCUT2D eigenvalue weighted by atomic mass is 32.2. The van der Waals surface area contributed by atoms with Crippen LogP contribution < -0.4 is 4.74 Å². The Balaban J connectivity index is 2.16. The fraction of sp³-hybridized carbons (Fsp3) is 0.250. The van der Waals surface area contributed by atoms with Crippen molar-refractivity contribution in [3.05, 3.63) is 65.7 Å². The second-order valence-corrected chi connectivity index (χ2v) is 7.23. The maximum absolute atomic E-state index is 12.4. The van der Waals surface area contributed by atoms with Gasteiger partial charge in [0.1, 0.15) is 5.75 Å². The summed E-state index contributed by atoms with van der Waals surface area (Å²) in [6, 6.07) is 14.0. The molecule has 4 nitrogen and oxygen atoms in total. The van der Waals surface area contributed by atoms with Crippen molar-refractivity contribution in [3.63, 3.8) is 0 Å². The predicted molar refractivity (Wildman–Crippen MR) is 83.7 cm³/mol. The molecule has 0 saturated carbocycles. The molecule has 0 unspecified atom stereocenters. The number of para-hydroxylation sites is 1. The van der Waals surface area contributed by atoms with Gasteiger partial charge in [-0.25, -0.2) is 12.7 Å². The first-order chi connectivity index (χ1) is 11.2. The number of hydrogen-bond donors (Lipinski definition) is 0. The molecule has 8 heteroatoms. The normalized spacial score (nSPS) is 12.4. The fourth-order valence-corrected chi connectivity index (χ4v) is 3.26. The third-order valence-electron chi connectivity index (χ3n) is 3.26. The molecule has 2 aromatic rings. The summed E-state index contributed by atoms with van der Waals surface area (Å²) >= 11 is 0. The van der Waals surface area contributed by atoms with Gasteiger partial charge in [-0.3, -0.25) is 0 Å². The van der Waals surface area contributed by atoms with Crippen molar-refractivity contribution in [1.29, 1.82) is 0 Å². The molecule has 0 radical (unpaired) electrons. The monoisotopic (exact) mass is 359 g/mol. The standard InChI is InChI=1S/C16H16F3NO3S/c1-20(24(21,22)12-13-7-3-2-4-8-13)11-14-9-5-6-10-15(14)23-16(17,18)19/h2-10H,11-12H2,1H3. The lowest BCUT2D eigenvalue weighted by atomic mass is 10.2. The number of nitrogens with zero attached hydrogens (tertiary/aromatic N) is 1. The second-order valence-electron chi connectivity index (χ2n) is 5.15. The molecule has 0 bridgehead atoms. The van der Waals surface area contributed by atoms with E-state index in [1.807, 2.05) is 0 Å². The van der Waals surface area contributed by atoms with Crippen LogP contribution in [0.4, 0.5) is 13.2 Å². The molecule has 0 N–H and O–H groups in total. The summed E-state index contributed by atoms with van der Waals surface area (Å²) in [5.74, 6) is -0.640. The SMILES string of the molecule is CN(Cc1ccccc1OC(F)(F)F)S(=O)(=O)Cc1ccccc1. The van der Waals surface area contributed by atoms with E-state index in [-0.39, 0.29) is 17.9 Å². The van der Waals surface area contributed by atoms with Crippen molar-refractivity contribution in [2.24, 2.45) is 0 Å². The van der Waals surface area contributed by atoms with Gasteiger partial charge < -0.3 is 4.74 Å². The van der Waals surface area contributed by atoms with Crippen molar-refractivity contribution >= 4 is 10.0 Å². The molecule has 0 spiro atoms.